The van der Waals surface area contributed by atoms with Crippen LogP contribution in [0, 0.1) is 5.82 Å². The molecule has 1 aliphatic carbocycles. The number of carbonyl (C=O) groups is 4. The molecular formula is C23H20FN3O4. The van der Waals surface area contributed by atoms with Crippen LogP contribution in [0.25, 0.3) is 0 Å². The molecule has 2 heterocycles. The van der Waals surface area contributed by atoms with E-state index in [1.165, 1.54) is 28.2 Å². The van der Waals surface area contributed by atoms with Crippen LogP contribution >= 0.6 is 0 Å². The molecule has 1 atom stereocenters. The number of fused-ring (bicyclic) bond motifs is 2. The summed E-state index contributed by atoms with van der Waals surface area (Å²) in [5, 5.41) is 4.96. The Morgan fingerprint density at radius 1 is 1.10 bits per heavy atom. The molecule has 31 heavy (non-hydrogen) atoms. The number of carbonyl (C=O) groups excluding carboxylic acids is 4. The summed E-state index contributed by atoms with van der Waals surface area (Å²) in [6.45, 7) is -0.0550. The van der Waals surface area contributed by atoms with Crippen LogP contribution in [-0.2, 0) is 35.5 Å². The maximum atomic E-state index is 15.1. The number of aryl methyl sites for hydroxylation is 2. The van der Waals surface area contributed by atoms with Gasteiger partial charge in [-0.25, -0.2) is 4.39 Å². The first kappa shape index (κ1) is 19.4. The van der Waals surface area contributed by atoms with Gasteiger partial charge in [-0.3, -0.25) is 24.5 Å². The molecule has 0 radical (unpaired) electrons. The van der Waals surface area contributed by atoms with Crippen molar-refractivity contribution in [1.29, 1.82) is 0 Å². The standard InChI is InChI=1S/C23H20FN3O4/c24-20-15(10-25-21(29)14-4-2-12-1-3-13(12)9-14)5-6-16-17(20)11-27(23(16)31)18-7-8-19(28)26-22(18)30/h2,4-6,9,18H,1,3,7-8,10-11H2,(H,25,29)(H,26,28,30). The van der Waals surface area contributed by atoms with E-state index in [1.807, 2.05) is 12.1 Å². The summed E-state index contributed by atoms with van der Waals surface area (Å²) in [4.78, 5) is 50.0. The average Bonchev–Trinajstić information content (AvgIpc) is 3.05. The SMILES string of the molecule is O=C1CCC(N2Cc3c(ccc(CNC(=O)c4ccc5c(c4)CC5)c3F)C2=O)C(=O)N1. The number of imide groups is 1. The van der Waals surface area contributed by atoms with Gasteiger partial charge >= 0.3 is 0 Å². The molecule has 0 aromatic heterocycles. The lowest BCUT2D eigenvalue weighted by molar-refractivity contribution is -0.136. The van der Waals surface area contributed by atoms with Crippen LogP contribution in [0.4, 0.5) is 4.39 Å². The van der Waals surface area contributed by atoms with Crippen LogP contribution in [0.15, 0.2) is 30.3 Å². The van der Waals surface area contributed by atoms with Crippen molar-refractivity contribution >= 4 is 23.6 Å². The largest absolute Gasteiger partial charge is 0.348 e. The maximum Gasteiger partial charge on any atom is 0.255 e. The summed E-state index contributed by atoms with van der Waals surface area (Å²) < 4.78 is 15.1. The van der Waals surface area contributed by atoms with Gasteiger partial charge in [-0.05, 0) is 48.6 Å². The third kappa shape index (κ3) is 3.28. The van der Waals surface area contributed by atoms with Crippen LogP contribution in [-0.4, -0.2) is 34.6 Å². The van der Waals surface area contributed by atoms with Crippen molar-refractivity contribution in [2.45, 2.75) is 44.8 Å². The highest BCUT2D eigenvalue weighted by Gasteiger charge is 2.40. The van der Waals surface area contributed by atoms with E-state index in [2.05, 4.69) is 10.6 Å². The number of nitrogens with one attached hydrogen (secondary N) is 2. The third-order valence-electron chi connectivity index (χ3n) is 6.30. The Labute approximate surface area is 177 Å². The molecule has 0 bridgehead atoms. The van der Waals surface area contributed by atoms with Crippen molar-refractivity contribution in [3.05, 3.63) is 69.5 Å². The minimum Gasteiger partial charge on any atom is -0.348 e. The molecule has 2 aromatic rings. The van der Waals surface area contributed by atoms with Crippen molar-refractivity contribution in [2.24, 2.45) is 0 Å². The predicted octanol–water partition coefficient (Wildman–Crippen LogP) is 1.62. The predicted molar refractivity (Wildman–Crippen MR) is 107 cm³/mol. The van der Waals surface area contributed by atoms with Gasteiger partial charge in [0, 0.05) is 35.2 Å². The van der Waals surface area contributed by atoms with E-state index in [4.69, 9.17) is 0 Å². The Bertz CT molecular complexity index is 1160. The fourth-order valence-electron chi connectivity index (χ4n) is 4.40. The lowest BCUT2D eigenvalue weighted by Gasteiger charge is -2.29. The quantitative estimate of drug-likeness (QED) is 0.734. The van der Waals surface area contributed by atoms with Gasteiger partial charge < -0.3 is 10.2 Å². The molecule has 0 spiro atoms. The minimum atomic E-state index is -0.795. The fourth-order valence-corrected chi connectivity index (χ4v) is 4.40. The molecule has 158 valence electrons. The second kappa shape index (κ2) is 7.30. The molecule has 1 fully saturated rings. The zero-order chi connectivity index (χ0) is 21.7. The summed E-state index contributed by atoms with van der Waals surface area (Å²) in [7, 11) is 0. The van der Waals surface area contributed by atoms with E-state index in [0.717, 1.165) is 12.8 Å². The van der Waals surface area contributed by atoms with Gasteiger partial charge in [-0.15, -0.1) is 0 Å². The Balaban J connectivity index is 1.30. The monoisotopic (exact) mass is 421 g/mol. The molecule has 4 amide bonds. The van der Waals surface area contributed by atoms with Crippen molar-refractivity contribution in [3.8, 4) is 0 Å². The molecule has 0 saturated carbocycles. The Morgan fingerprint density at radius 3 is 2.61 bits per heavy atom. The van der Waals surface area contributed by atoms with Crippen LogP contribution < -0.4 is 10.6 Å². The molecule has 1 unspecified atom stereocenters. The summed E-state index contributed by atoms with van der Waals surface area (Å²) in [6.07, 6.45) is 2.36. The summed E-state index contributed by atoms with van der Waals surface area (Å²) in [5.74, 6) is -2.18. The number of hydrogen-bond acceptors (Lipinski definition) is 4. The van der Waals surface area contributed by atoms with Crippen molar-refractivity contribution in [3.63, 3.8) is 0 Å². The number of nitrogens with zero attached hydrogens (tertiary/aromatic N) is 1. The first-order valence-corrected chi connectivity index (χ1v) is 10.3. The fraction of sp³-hybridized carbons (Fsp3) is 0.304. The number of halogens is 1. The van der Waals surface area contributed by atoms with E-state index in [-0.39, 0.29) is 54.4 Å². The Hall–Kier alpha value is -3.55. The van der Waals surface area contributed by atoms with E-state index in [9.17, 15) is 19.2 Å². The Kier molecular flexibility index (Phi) is 4.57. The zero-order valence-electron chi connectivity index (χ0n) is 16.7. The normalized spacial score (nSPS) is 19.5. The van der Waals surface area contributed by atoms with Crippen LogP contribution in [0.2, 0.25) is 0 Å². The van der Waals surface area contributed by atoms with Gasteiger partial charge in [-0.1, -0.05) is 12.1 Å². The van der Waals surface area contributed by atoms with E-state index in [1.54, 1.807) is 6.07 Å². The summed E-state index contributed by atoms with van der Waals surface area (Å²) in [6, 6.07) is 7.79. The van der Waals surface area contributed by atoms with E-state index < -0.39 is 23.7 Å². The first-order valence-electron chi connectivity index (χ1n) is 10.3. The van der Waals surface area contributed by atoms with Crippen LogP contribution in [0.3, 0.4) is 0 Å². The molecule has 8 heteroatoms. The third-order valence-corrected chi connectivity index (χ3v) is 6.30. The smallest absolute Gasteiger partial charge is 0.255 e. The zero-order valence-corrected chi connectivity index (χ0v) is 16.7. The second-order valence-corrected chi connectivity index (χ2v) is 8.13. The number of benzene rings is 2. The lowest BCUT2D eigenvalue weighted by atomic mass is 9.87. The lowest BCUT2D eigenvalue weighted by Crippen LogP contribution is -2.52. The van der Waals surface area contributed by atoms with Gasteiger partial charge in [0.15, 0.2) is 0 Å². The van der Waals surface area contributed by atoms with Crippen molar-refractivity contribution in [1.82, 2.24) is 15.5 Å². The van der Waals surface area contributed by atoms with Gasteiger partial charge in [0.05, 0.1) is 6.54 Å². The number of rotatable bonds is 4. The van der Waals surface area contributed by atoms with Gasteiger partial charge in [0.2, 0.25) is 11.8 Å². The van der Waals surface area contributed by atoms with Gasteiger partial charge in [0.1, 0.15) is 11.9 Å². The van der Waals surface area contributed by atoms with Crippen LogP contribution in [0.1, 0.15) is 55.8 Å². The highest BCUT2D eigenvalue weighted by Crippen LogP contribution is 2.31. The maximum absolute atomic E-state index is 15.1. The molecule has 2 aliphatic heterocycles. The number of piperidine rings is 1. The minimum absolute atomic E-state index is 0.0123. The van der Waals surface area contributed by atoms with E-state index in [0.29, 0.717) is 5.56 Å². The Morgan fingerprint density at radius 2 is 1.90 bits per heavy atom. The van der Waals surface area contributed by atoms with Gasteiger partial charge in [0.25, 0.3) is 11.8 Å². The van der Waals surface area contributed by atoms with Crippen LogP contribution in [0.5, 0.6) is 0 Å². The molecule has 2 aromatic carbocycles. The molecule has 5 rings (SSSR count). The number of amides is 4. The average molecular weight is 421 g/mol. The topological polar surface area (TPSA) is 95.6 Å². The molecule has 1 saturated heterocycles. The van der Waals surface area contributed by atoms with Crippen molar-refractivity contribution < 1.29 is 23.6 Å². The highest BCUT2D eigenvalue weighted by atomic mass is 19.1. The summed E-state index contributed by atoms with van der Waals surface area (Å²) >= 11 is 0. The second-order valence-electron chi connectivity index (χ2n) is 8.13. The molecule has 7 nitrogen and oxygen atoms in total. The number of hydrogen-bond donors (Lipinski definition) is 2. The van der Waals surface area contributed by atoms with Gasteiger partial charge in [-0.2, -0.15) is 0 Å². The first-order chi connectivity index (χ1) is 14.9. The molecule has 2 N–H and O–H groups in total. The highest BCUT2D eigenvalue weighted by molar-refractivity contribution is 6.05. The van der Waals surface area contributed by atoms with E-state index >= 15 is 4.39 Å². The summed E-state index contributed by atoms with van der Waals surface area (Å²) in [5.41, 5.74) is 3.66. The van der Waals surface area contributed by atoms with Crippen molar-refractivity contribution in [2.75, 3.05) is 0 Å². The molecule has 3 aliphatic rings. The molecular weight excluding hydrogens is 401 g/mol.